The minimum Gasteiger partial charge on any atom is -0.508 e. The number of aromatic hydroxyl groups is 2. The molecule has 0 aliphatic rings. The van der Waals surface area contributed by atoms with Crippen LogP contribution in [0.15, 0.2) is 18.2 Å². The summed E-state index contributed by atoms with van der Waals surface area (Å²) in [5, 5.41) is 31.0. The maximum Gasteiger partial charge on any atom is 0.119 e. The lowest BCUT2D eigenvalue weighted by Crippen LogP contribution is -2.36. The second-order valence-electron chi connectivity index (χ2n) is 3.90. The van der Waals surface area contributed by atoms with Crippen LogP contribution in [0, 0.1) is 0 Å². The zero-order valence-electron chi connectivity index (χ0n) is 8.94. The first-order valence-electron chi connectivity index (χ1n) is 4.93. The van der Waals surface area contributed by atoms with Crippen molar-refractivity contribution in [1.82, 2.24) is 5.32 Å². The van der Waals surface area contributed by atoms with Crippen molar-refractivity contribution in [2.75, 3.05) is 0 Å². The number of benzene rings is 1. The molecule has 0 radical (unpaired) electrons. The highest BCUT2D eigenvalue weighted by atomic mass is 16.3. The highest BCUT2D eigenvalue weighted by Gasteiger charge is 2.08. The molecule has 0 bridgehead atoms. The average molecular weight is 211 g/mol. The third-order valence-electron chi connectivity index (χ3n) is 1.92. The molecule has 4 heteroatoms. The van der Waals surface area contributed by atoms with Gasteiger partial charge < -0.3 is 15.3 Å². The molecule has 1 unspecified atom stereocenters. The van der Waals surface area contributed by atoms with Crippen molar-refractivity contribution in [2.24, 2.45) is 0 Å². The Bertz CT molecular complexity index is 305. The van der Waals surface area contributed by atoms with Crippen LogP contribution < -0.4 is 5.32 Å². The third kappa shape index (κ3) is 4.18. The summed E-state index contributed by atoms with van der Waals surface area (Å²) in [5.41, 5.74) is 0.688. The smallest absolute Gasteiger partial charge is 0.119 e. The molecule has 0 heterocycles. The molecule has 1 rings (SSSR count). The predicted molar refractivity (Wildman–Crippen MR) is 57.8 cm³/mol. The summed E-state index contributed by atoms with van der Waals surface area (Å²) in [7, 11) is 0. The van der Waals surface area contributed by atoms with Crippen molar-refractivity contribution >= 4 is 0 Å². The predicted octanol–water partition coefficient (Wildman–Crippen LogP) is 0.957. The molecule has 0 aromatic heterocycles. The fourth-order valence-electron chi connectivity index (χ4n) is 1.44. The minimum absolute atomic E-state index is 0.00162. The topological polar surface area (TPSA) is 72.7 Å². The molecule has 4 N–H and O–H groups in total. The van der Waals surface area contributed by atoms with Crippen LogP contribution in [0.1, 0.15) is 19.4 Å². The lowest BCUT2D eigenvalue weighted by atomic mass is 10.1. The van der Waals surface area contributed by atoms with Gasteiger partial charge in [-0.05, 0) is 31.5 Å². The zero-order chi connectivity index (χ0) is 11.4. The number of nitrogens with one attached hydrogen (secondary N) is 1. The Kier molecular flexibility index (Phi) is 3.94. The van der Waals surface area contributed by atoms with Gasteiger partial charge in [0.15, 0.2) is 0 Å². The van der Waals surface area contributed by atoms with E-state index in [9.17, 15) is 15.3 Å². The van der Waals surface area contributed by atoms with Crippen LogP contribution in [-0.2, 0) is 6.42 Å². The summed E-state index contributed by atoms with van der Waals surface area (Å²) >= 11 is 0. The Hall–Kier alpha value is -1.26. The second-order valence-corrected chi connectivity index (χ2v) is 3.90. The zero-order valence-corrected chi connectivity index (χ0v) is 8.94. The summed E-state index contributed by atoms with van der Waals surface area (Å²) in [6.45, 7) is 3.87. The molecule has 15 heavy (non-hydrogen) atoms. The van der Waals surface area contributed by atoms with E-state index in [4.69, 9.17) is 0 Å². The van der Waals surface area contributed by atoms with Gasteiger partial charge in [0.2, 0.25) is 0 Å². The molecule has 1 aromatic carbocycles. The number of phenolic OH excluding ortho intramolecular Hbond substituents is 2. The SMILES string of the molecule is CC(C)NC(O)Cc1cc(O)cc(O)c1. The molecule has 0 amide bonds. The summed E-state index contributed by atoms with van der Waals surface area (Å²) in [6, 6.07) is 4.48. The Morgan fingerprint density at radius 2 is 1.67 bits per heavy atom. The Morgan fingerprint density at radius 1 is 1.13 bits per heavy atom. The summed E-state index contributed by atoms with van der Waals surface area (Å²) in [4.78, 5) is 0. The number of aliphatic hydroxyl groups excluding tert-OH is 1. The van der Waals surface area contributed by atoms with Crippen LogP contribution >= 0.6 is 0 Å². The highest BCUT2D eigenvalue weighted by Crippen LogP contribution is 2.21. The van der Waals surface area contributed by atoms with E-state index in [1.807, 2.05) is 13.8 Å². The monoisotopic (exact) mass is 211 g/mol. The largest absolute Gasteiger partial charge is 0.508 e. The Morgan fingerprint density at radius 3 is 2.13 bits per heavy atom. The van der Waals surface area contributed by atoms with Crippen molar-refractivity contribution in [3.05, 3.63) is 23.8 Å². The van der Waals surface area contributed by atoms with Gasteiger partial charge in [-0.15, -0.1) is 0 Å². The van der Waals surface area contributed by atoms with Gasteiger partial charge in [-0.25, -0.2) is 0 Å². The molecule has 1 aromatic rings. The first kappa shape index (κ1) is 11.8. The van der Waals surface area contributed by atoms with Crippen LogP contribution in [0.4, 0.5) is 0 Å². The molecule has 0 fully saturated rings. The van der Waals surface area contributed by atoms with Gasteiger partial charge in [-0.1, -0.05) is 0 Å². The Balaban J connectivity index is 2.63. The lowest BCUT2D eigenvalue weighted by molar-refractivity contribution is 0.127. The molecule has 84 valence electrons. The number of hydrogen-bond acceptors (Lipinski definition) is 4. The standard InChI is InChI=1S/C11H17NO3/c1-7(2)12-11(15)5-8-3-9(13)6-10(14)4-8/h3-4,6-7,11-15H,5H2,1-2H3. The van der Waals surface area contributed by atoms with E-state index < -0.39 is 6.23 Å². The van der Waals surface area contributed by atoms with Gasteiger partial charge in [0.1, 0.15) is 17.7 Å². The summed E-state index contributed by atoms with van der Waals surface area (Å²) in [5.74, 6) is 0.00324. The molecule has 1 atom stereocenters. The van der Waals surface area contributed by atoms with Crippen LogP contribution in [-0.4, -0.2) is 27.6 Å². The molecule has 0 aliphatic carbocycles. The maximum absolute atomic E-state index is 9.58. The quantitative estimate of drug-likeness (QED) is 0.560. The number of hydrogen-bond donors (Lipinski definition) is 4. The second kappa shape index (κ2) is 5.00. The molecule has 0 saturated heterocycles. The fraction of sp³-hybridized carbons (Fsp3) is 0.455. The summed E-state index contributed by atoms with van der Waals surface area (Å²) in [6.07, 6.45) is -0.327. The molecule has 0 spiro atoms. The molecule has 0 aliphatic heterocycles. The van der Waals surface area contributed by atoms with Crippen LogP contribution in [0.3, 0.4) is 0 Å². The molecular weight excluding hydrogens is 194 g/mol. The van der Waals surface area contributed by atoms with E-state index in [1.54, 1.807) is 0 Å². The van der Waals surface area contributed by atoms with E-state index in [2.05, 4.69) is 5.32 Å². The van der Waals surface area contributed by atoms with Gasteiger partial charge in [0.05, 0.1) is 0 Å². The number of rotatable bonds is 4. The number of phenols is 2. The number of aliphatic hydroxyl groups is 1. The normalized spacial score (nSPS) is 13.1. The van der Waals surface area contributed by atoms with E-state index in [1.165, 1.54) is 18.2 Å². The van der Waals surface area contributed by atoms with Gasteiger partial charge >= 0.3 is 0 Å². The fourth-order valence-corrected chi connectivity index (χ4v) is 1.44. The first-order valence-corrected chi connectivity index (χ1v) is 4.93. The van der Waals surface area contributed by atoms with Crippen molar-refractivity contribution in [1.29, 1.82) is 0 Å². The maximum atomic E-state index is 9.58. The van der Waals surface area contributed by atoms with Crippen LogP contribution in [0.25, 0.3) is 0 Å². The van der Waals surface area contributed by atoms with Crippen LogP contribution in [0.5, 0.6) is 11.5 Å². The Labute approximate surface area is 89.2 Å². The van der Waals surface area contributed by atoms with E-state index in [0.717, 1.165) is 0 Å². The van der Waals surface area contributed by atoms with Crippen molar-refractivity contribution in [2.45, 2.75) is 32.5 Å². The van der Waals surface area contributed by atoms with Gasteiger partial charge in [0.25, 0.3) is 0 Å². The third-order valence-corrected chi connectivity index (χ3v) is 1.92. The van der Waals surface area contributed by atoms with Crippen molar-refractivity contribution in [3.8, 4) is 11.5 Å². The minimum atomic E-state index is -0.675. The van der Waals surface area contributed by atoms with Crippen molar-refractivity contribution < 1.29 is 15.3 Å². The molecule has 4 nitrogen and oxygen atoms in total. The molecule has 0 saturated carbocycles. The highest BCUT2D eigenvalue weighted by molar-refractivity contribution is 5.36. The van der Waals surface area contributed by atoms with Gasteiger partial charge in [-0.3, -0.25) is 5.32 Å². The first-order chi connectivity index (χ1) is 6.97. The lowest BCUT2D eigenvalue weighted by Gasteiger charge is -2.15. The molecular formula is C11H17NO3. The average Bonchev–Trinajstić information content (AvgIpc) is 1.98. The van der Waals surface area contributed by atoms with Crippen molar-refractivity contribution in [3.63, 3.8) is 0 Å². The van der Waals surface area contributed by atoms with E-state index in [-0.39, 0.29) is 17.5 Å². The van der Waals surface area contributed by atoms with E-state index >= 15 is 0 Å². The van der Waals surface area contributed by atoms with Gasteiger partial charge in [0, 0.05) is 18.5 Å². The summed E-state index contributed by atoms with van der Waals surface area (Å²) < 4.78 is 0. The van der Waals surface area contributed by atoms with E-state index in [0.29, 0.717) is 12.0 Å². The van der Waals surface area contributed by atoms with Crippen LogP contribution in [0.2, 0.25) is 0 Å². The van der Waals surface area contributed by atoms with Gasteiger partial charge in [-0.2, -0.15) is 0 Å².